The van der Waals surface area contributed by atoms with E-state index in [2.05, 4.69) is 17.2 Å². The summed E-state index contributed by atoms with van der Waals surface area (Å²) >= 11 is 0. The van der Waals surface area contributed by atoms with E-state index in [1.54, 1.807) is 13.8 Å². The van der Waals surface area contributed by atoms with Crippen molar-refractivity contribution >= 4 is 34.6 Å². The lowest BCUT2D eigenvalue weighted by molar-refractivity contribution is -0.385. The number of rotatable bonds is 6. The molecule has 1 unspecified atom stereocenters. The number of hydrogen-bond donors (Lipinski definition) is 2. The SMILES string of the molecule is C=C1C(C(=O)Nc2cc([N+](=O)[O-])ccc2C)[C@H]1C(=O)Nc1cc([N+](=O)[O-])ccc1C. The predicted octanol–water partition coefficient (Wildman–Crippen LogP) is 3.50. The second-order valence-electron chi connectivity index (χ2n) is 7.02. The summed E-state index contributed by atoms with van der Waals surface area (Å²) in [5.41, 5.74) is 1.89. The number of carbonyl (C=O) groups excluding carboxylic acids is 2. The van der Waals surface area contributed by atoms with E-state index >= 15 is 0 Å². The number of non-ortho nitro benzene ring substituents is 2. The number of benzene rings is 2. The molecule has 0 bridgehead atoms. The predicted molar refractivity (Wildman–Crippen MR) is 109 cm³/mol. The van der Waals surface area contributed by atoms with E-state index in [-0.39, 0.29) is 22.7 Å². The maximum Gasteiger partial charge on any atom is 0.271 e. The minimum absolute atomic E-state index is 0.166. The largest absolute Gasteiger partial charge is 0.325 e. The van der Waals surface area contributed by atoms with Crippen LogP contribution in [0.15, 0.2) is 48.6 Å². The molecule has 1 aliphatic rings. The number of aryl methyl sites for hydroxylation is 2. The fourth-order valence-electron chi connectivity index (χ4n) is 3.09. The van der Waals surface area contributed by atoms with Gasteiger partial charge in [-0.15, -0.1) is 0 Å². The Balaban J connectivity index is 1.71. The van der Waals surface area contributed by atoms with Crippen molar-refractivity contribution in [2.75, 3.05) is 10.6 Å². The van der Waals surface area contributed by atoms with Gasteiger partial charge in [-0.1, -0.05) is 24.3 Å². The molecule has 2 aromatic carbocycles. The molecule has 0 heterocycles. The van der Waals surface area contributed by atoms with Crippen molar-refractivity contribution in [3.05, 3.63) is 79.9 Å². The first kappa shape index (κ1) is 20.6. The van der Waals surface area contributed by atoms with E-state index in [0.29, 0.717) is 16.7 Å². The van der Waals surface area contributed by atoms with Crippen LogP contribution >= 0.6 is 0 Å². The van der Waals surface area contributed by atoms with Gasteiger partial charge in [0.15, 0.2) is 0 Å². The van der Waals surface area contributed by atoms with Crippen LogP contribution in [0.3, 0.4) is 0 Å². The number of nitro benzene ring substituents is 2. The first-order valence-corrected chi connectivity index (χ1v) is 8.90. The molecule has 10 heteroatoms. The van der Waals surface area contributed by atoms with Crippen molar-refractivity contribution in [1.82, 2.24) is 0 Å². The molecule has 0 saturated heterocycles. The van der Waals surface area contributed by atoms with Crippen molar-refractivity contribution in [3.63, 3.8) is 0 Å². The topological polar surface area (TPSA) is 144 Å². The van der Waals surface area contributed by atoms with Crippen molar-refractivity contribution in [2.24, 2.45) is 11.8 Å². The Bertz CT molecular complexity index is 1020. The van der Waals surface area contributed by atoms with Crippen LogP contribution in [0.25, 0.3) is 0 Å². The molecule has 2 N–H and O–H groups in total. The molecule has 1 aliphatic carbocycles. The summed E-state index contributed by atoms with van der Waals surface area (Å²) in [7, 11) is 0. The summed E-state index contributed by atoms with van der Waals surface area (Å²) in [6.07, 6.45) is 0. The summed E-state index contributed by atoms with van der Waals surface area (Å²) in [5, 5.41) is 27.1. The normalized spacial score (nSPS) is 17.2. The number of nitro groups is 2. The van der Waals surface area contributed by atoms with Gasteiger partial charge in [0.2, 0.25) is 11.8 Å². The summed E-state index contributed by atoms with van der Waals surface area (Å²) in [4.78, 5) is 45.9. The zero-order valence-electron chi connectivity index (χ0n) is 16.2. The van der Waals surface area contributed by atoms with E-state index in [0.717, 1.165) is 0 Å². The van der Waals surface area contributed by atoms with E-state index in [1.165, 1.54) is 36.4 Å². The Morgan fingerprint density at radius 2 is 1.20 bits per heavy atom. The van der Waals surface area contributed by atoms with Gasteiger partial charge < -0.3 is 10.6 Å². The minimum Gasteiger partial charge on any atom is -0.325 e. The Kier molecular flexibility index (Phi) is 5.33. The fourth-order valence-corrected chi connectivity index (χ4v) is 3.09. The number of carbonyl (C=O) groups is 2. The van der Waals surface area contributed by atoms with E-state index < -0.39 is 33.5 Å². The third-order valence-electron chi connectivity index (χ3n) is 4.97. The van der Waals surface area contributed by atoms with E-state index in [4.69, 9.17) is 0 Å². The number of anilines is 2. The van der Waals surface area contributed by atoms with Crippen LogP contribution in [-0.4, -0.2) is 21.7 Å². The summed E-state index contributed by atoms with van der Waals surface area (Å²) in [6.45, 7) is 7.13. The highest BCUT2D eigenvalue weighted by molar-refractivity contribution is 6.08. The molecule has 0 spiro atoms. The maximum atomic E-state index is 12.6. The first-order valence-electron chi connectivity index (χ1n) is 8.90. The van der Waals surface area contributed by atoms with Crippen LogP contribution in [0.5, 0.6) is 0 Å². The first-order chi connectivity index (χ1) is 14.1. The van der Waals surface area contributed by atoms with Gasteiger partial charge in [-0.25, -0.2) is 0 Å². The highest BCUT2D eigenvalue weighted by Crippen LogP contribution is 2.46. The van der Waals surface area contributed by atoms with Gasteiger partial charge in [-0.2, -0.15) is 0 Å². The van der Waals surface area contributed by atoms with Gasteiger partial charge in [-0.05, 0) is 25.0 Å². The van der Waals surface area contributed by atoms with Crippen LogP contribution in [0.2, 0.25) is 0 Å². The molecule has 2 aromatic rings. The van der Waals surface area contributed by atoms with Gasteiger partial charge in [-0.3, -0.25) is 29.8 Å². The number of amides is 2. The maximum absolute atomic E-state index is 12.6. The summed E-state index contributed by atoms with van der Waals surface area (Å²) in [6, 6.07) is 8.20. The zero-order chi connectivity index (χ0) is 22.2. The Labute approximate surface area is 170 Å². The van der Waals surface area contributed by atoms with Crippen molar-refractivity contribution in [1.29, 1.82) is 0 Å². The highest BCUT2D eigenvalue weighted by Gasteiger charge is 2.52. The zero-order valence-corrected chi connectivity index (χ0v) is 16.2. The van der Waals surface area contributed by atoms with Crippen LogP contribution in [0, 0.1) is 45.9 Å². The number of nitrogens with zero attached hydrogens (tertiary/aromatic N) is 2. The lowest BCUT2D eigenvalue weighted by Gasteiger charge is -2.09. The Morgan fingerprint density at radius 1 is 0.833 bits per heavy atom. The molecule has 1 saturated carbocycles. The monoisotopic (exact) mass is 410 g/mol. The quantitative estimate of drug-likeness (QED) is 0.423. The smallest absolute Gasteiger partial charge is 0.271 e. The molecule has 2 amide bonds. The van der Waals surface area contributed by atoms with Gasteiger partial charge in [0.05, 0.1) is 33.1 Å². The van der Waals surface area contributed by atoms with Gasteiger partial charge >= 0.3 is 0 Å². The molecule has 0 aliphatic heterocycles. The molecule has 2 atom stereocenters. The third-order valence-corrected chi connectivity index (χ3v) is 4.97. The molecule has 0 radical (unpaired) electrons. The summed E-state index contributed by atoms with van der Waals surface area (Å²) in [5.74, 6) is -2.58. The van der Waals surface area contributed by atoms with Crippen molar-refractivity contribution in [3.8, 4) is 0 Å². The second kappa shape index (κ2) is 7.74. The fraction of sp³-hybridized carbons (Fsp3) is 0.200. The molecule has 0 aromatic heterocycles. The van der Waals surface area contributed by atoms with Gasteiger partial charge in [0.25, 0.3) is 11.4 Å². The van der Waals surface area contributed by atoms with Crippen molar-refractivity contribution in [2.45, 2.75) is 13.8 Å². The van der Waals surface area contributed by atoms with Crippen molar-refractivity contribution < 1.29 is 19.4 Å². The molecule has 1 fully saturated rings. The minimum atomic E-state index is -0.789. The number of hydrogen-bond acceptors (Lipinski definition) is 6. The standard InChI is InChI=1S/C20H18N4O6/c1-10-4-6-13(23(27)28)8-15(10)21-19(25)17-12(3)18(17)20(26)22-16-9-14(24(29)30)7-5-11(16)2/h4-9,17-18H,3H2,1-2H3,(H,21,25)(H,22,26)/t17-,18?/m0/s1. The van der Waals surface area contributed by atoms with Crippen LogP contribution in [0.4, 0.5) is 22.7 Å². The molecule has 154 valence electrons. The molecule has 30 heavy (non-hydrogen) atoms. The van der Waals surface area contributed by atoms with Crippen LogP contribution in [-0.2, 0) is 9.59 Å². The second-order valence-corrected chi connectivity index (χ2v) is 7.02. The van der Waals surface area contributed by atoms with Crippen LogP contribution < -0.4 is 10.6 Å². The van der Waals surface area contributed by atoms with E-state index in [9.17, 15) is 29.8 Å². The van der Waals surface area contributed by atoms with Gasteiger partial charge in [0.1, 0.15) is 0 Å². The molecular formula is C20H18N4O6. The van der Waals surface area contributed by atoms with Gasteiger partial charge in [0, 0.05) is 24.3 Å². The highest BCUT2D eigenvalue weighted by atomic mass is 16.6. The molecule has 10 nitrogen and oxygen atoms in total. The lowest BCUT2D eigenvalue weighted by Crippen LogP contribution is -2.21. The average molecular weight is 410 g/mol. The third kappa shape index (κ3) is 4.02. The Hall–Kier alpha value is -4.08. The summed E-state index contributed by atoms with van der Waals surface area (Å²) < 4.78 is 0. The number of nitrogens with one attached hydrogen (secondary N) is 2. The Morgan fingerprint density at radius 3 is 1.53 bits per heavy atom. The van der Waals surface area contributed by atoms with Crippen LogP contribution in [0.1, 0.15) is 11.1 Å². The van der Waals surface area contributed by atoms with E-state index in [1.807, 2.05) is 0 Å². The molecule has 3 rings (SSSR count). The lowest BCUT2D eigenvalue weighted by atomic mass is 10.1. The average Bonchev–Trinajstić information content (AvgIpc) is 3.36. The molecular weight excluding hydrogens is 392 g/mol.